The quantitative estimate of drug-likeness (QED) is 0.184. The van der Waals surface area contributed by atoms with Crippen molar-refractivity contribution < 1.29 is 0 Å². The highest BCUT2D eigenvalue weighted by Crippen LogP contribution is 2.45. The van der Waals surface area contributed by atoms with Gasteiger partial charge in [0.15, 0.2) is 0 Å². The number of nitrogens with zero attached hydrogens (tertiary/aromatic N) is 1. The van der Waals surface area contributed by atoms with E-state index in [9.17, 15) is 0 Å². The minimum atomic E-state index is 0.0476. The number of hydrogen-bond donors (Lipinski definition) is 0. The molecule has 6 rings (SSSR count). The fraction of sp³-hybridized carbons (Fsp3) is 0.100. The first-order valence-electron chi connectivity index (χ1n) is 14.5. The first-order chi connectivity index (χ1) is 20.8. The normalized spacial score (nSPS) is 11.4. The molecule has 212 valence electrons. The maximum Gasteiger partial charge on any atom is 0.0832 e. The van der Waals surface area contributed by atoms with E-state index in [4.69, 9.17) is 23.2 Å². The molecular weight excluding hydrogens is 565 g/mol. The third kappa shape index (κ3) is 5.97. The van der Waals surface area contributed by atoms with Crippen molar-refractivity contribution >= 4 is 40.3 Å². The van der Waals surface area contributed by atoms with Crippen LogP contribution in [0.15, 0.2) is 146 Å². The summed E-state index contributed by atoms with van der Waals surface area (Å²) in [6, 6.07) is 51.0. The molecule has 0 heterocycles. The van der Waals surface area contributed by atoms with Gasteiger partial charge in [0.25, 0.3) is 0 Å². The predicted molar refractivity (Wildman–Crippen MR) is 186 cm³/mol. The Balaban J connectivity index is 1.58. The third-order valence-corrected chi connectivity index (χ3v) is 8.60. The van der Waals surface area contributed by atoms with Crippen LogP contribution in [0.5, 0.6) is 0 Å². The highest BCUT2D eigenvalue weighted by Gasteiger charge is 2.21. The van der Waals surface area contributed by atoms with Crippen molar-refractivity contribution in [3.05, 3.63) is 161 Å². The summed E-state index contributed by atoms with van der Waals surface area (Å²) in [6.07, 6.45) is 0. The van der Waals surface area contributed by atoms with Crippen LogP contribution in [-0.4, -0.2) is 0 Å². The fourth-order valence-electron chi connectivity index (χ4n) is 5.58. The zero-order valence-electron chi connectivity index (χ0n) is 24.6. The first-order valence-corrected chi connectivity index (χ1v) is 15.3. The van der Waals surface area contributed by atoms with Gasteiger partial charge in [-0.25, -0.2) is 0 Å². The average molecular weight is 599 g/mol. The number of hydrogen-bond acceptors (Lipinski definition) is 1. The molecule has 0 amide bonds. The average Bonchev–Trinajstić information content (AvgIpc) is 3.04. The Hall–Kier alpha value is -4.30. The van der Waals surface area contributed by atoms with E-state index in [2.05, 4.69) is 153 Å². The molecular formula is C40H33Cl2N. The van der Waals surface area contributed by atoms with Gasteiger partial charge in [0.1, 0.15) is 0 Å². The smallest absolute Gasteiger partial charge is 0.0832 e. The number of anilines is 3. The summed E-state index contributed by atoms with van der Waals surface area (Å²) in [5.74, 6) is 0. The van der Waals surface area contributed by atoms with Crippen LogP contribution in [0, 0.1) is 0 Å². The van der Waals surface area contributed by atoms with Crippen LogP contribution in [0.4, 0.5) is 17.1 Å². The van der Waals surface area contributed by atoms with Crippen LogP contribution in [0.1, 0.15) is 26.3 Å². The number of benzene rings is 6. The molecule has 0 atom stereocenters. The van der Waals surface area contributed by atoms with Crippen LogP contribution < -0.4 is 4.90 Å². The second-order valence-electron chi connectivity index (χ2n) is 11.7. The van der Waals surface area contributed by atoms with E-state index >= 15 is 0 Å². The Morgan fingerprint density at radius 2 is 1.02 bits per heavy atom. The van der Waals surface area contributed by atoms with Crippen molar-refractivity contribution in [1.82, 2.24) is 0 Å². The Kier molecular flexibility index (Phi) is 8.13. The van der Waals surface area contributed by atoms with Crippen molar-refractivity contribution in [2.75, 3.05) is 4.90 Å². The van der Waals surface area contributed by atoms with Gasteiger partial charge < -0.3 is 4.90 Å². The summed E-state index contributed by atoms with van der Waals surface area (Å²) < 4.78 is 0. The van der Waals surface area contributed by atoms with Crippen molar-refractivity contribution in [1.29, 1.82) is 0 Å². The monoisotopic (exact) mass is 597 g/mol. The second-order valence-corrected chi connectivity index (χ2v) is 12.5. The summed E-state index contributed by atoms with van der Waals surface area (Å²) in [6.45, 7) is 6.68. The summed E-state index contributed by atoms with van der Waals surface area (Å²) in [5, 5.41) is 1.04. The van der Waals surface area contributed by atoms with Gasteiger partial charge >= 0.3 is 0 Å². The molecule has 0 bridgehead atoms. The molecule has 0 radical (unpaired) electrons. The molecule has 6 aromatic carbocycles. The van der Waals surface area contributed by atoms with E-state index < -0.39 is 0 Å². The molecule has 0 aromatic heterocycles. The summed E-state index contributed by atoms with van der Waals surface area (Å²) in [5.41, 5.74) is 11.2. The number of halogens is 2. The van der Waals surface area contributed by atoms with E-state index in [1.54, 1.807) is 0 Å². The van der Waals surface area contributed by atoms with E-state index in [1.807, 2.05) is 18.2 Å². The van der Waals surface area contributed by atoms with Crippen molar-refractivity contribution in [3.8, 4) is 33.4 Å². The highest BCUT2D eigenvalue weighted by atomic mass is 35.5. The Labute approximate surface area is 265 Å². The lowest BCUT2D eigenvalue weighted by Crippen LogP contribution is -2.13. The Bertz CT molecular complexity index is 1800. The van der Waals surface area contributed by atoms with Crippen molar-refractivity contribution in [2.45, 2.75) is 26.2 Å². The minimum absolute atomic E-state index is 0.0476. The molecule has 0 aliphatic carbocycles. The van der Waals surface area contributed by atoms with Crippen molar-refractivity contribution in [3.63, 3.8) is 0 Å². The Morgan fingerprint density at radius 1 is 0.488 bits per heavy atom. The summed E-state index contributed by atoms with van der Waals surface area (Å²) >= 11 is 13.4. The van der Waals surface area contributed by atoms with Crippen LogP contribution in [0.2, 0.25) is 10.0 Å². The summed E-state index contributed by atoms with van der Waals surface area (Å²) in [7, 11) is 0. The molecule has 0 aliphatic heterocycles. The number of rotatable bonds is 6. The van der Waals surface area contributed by atoms with E-state index in [1.165, 1.54) is 33.4 Å². The van der Waals surface area contributed by atoms with Gasteiger partial charge in [-0.15, -0.1) is 0 Å². The second kappa shape index (κ2) is 12.1. The standard InChI is InChI=1S/C40H33Cl2N/c1-40(2,3)31-23-25-32(26-24-31)43(37-22-12-21-36(41)39(37)42)33-18-10-17-30(27-33)38-34(28-13-6-4-7-14-28)19-11-20-35(38)29-15-8-5-9-16-29/h4-27H,1-3H3. The largest absolute Gasteiger partial charge is 0.309 e. The lowest BCUT2D eigenvalue weighted by molar-refractivity contribution is 0.590. The predicted octanol–water partition coefficient (Wildman–Crippen LogP) is 12.8. The lowest BCUT2D eigenvalue weighted by Gasteiger charge is -2.28. The molecule has 1 nitrogen and oxygen atoms in total. The molecule has 0 unspecified atom stereocenters. The van der Waals surface area contributed by atoms with Crippen LogP contribution in [-0.2, 0) is 5.41 Å². The molecule has 0 fully saturated rings. The zero-order chi connectivity index (χ0) is 30.0. The minimum Gasteiger partial charge on any atom is -0.309 e. The molecule has 0 saturated carbocycles. The van der Waals surface area contributed by atoms with Crippen LogP contribution in [0.25, 0.3) is 33.4 Å². The van der Waals surface area contributed by atoms with Crippen LogP contribution in [0.3, 0.4) is 0 Å². The molecule has 6 aromatic rings. The van der Waals surface area contributed by atoms with Gasteiger partial charge in [-0.05, 0) is 80.8 Å². The third-order valence-electron chi connectivity index (χ3n) is 7.79. The molecule has 0 N–H and O–H groups in total. The highest BCUT2D eigenvalue weighted by molar-refractivity contribution is 6.44. The SMILES string of the molecule is CC(C)(C)c1ccc(N(c2cccc(-c3c(-c4ccccc4)cccc3-c3ccccc3)c2)c2cccc(Cl)c2Cl)cc1. The van der Waals surface area contributed by atoms with Crippen molar-refractivity contribution in [2.24, 2.45) is 0 Å². The maximum atomic E-state index is 6.89. The molecule has 0 aliphatic rings. The van der Waals surface area contributed by atoms with E-state index in [-0.39, 0.29) is 5.41 Å². The van der Waals surface area contributed by atoms with Gasteiger partial charge in [-0.1, -0.05) is 153 Å². The zero-order valence-corrected chi connectivity index (χ0v) is 26.1. The molecule has 3 heteroatoms. The van der Waals surface area contributed by atoms with Gasteiger partial charge in [0.2, 0.25) is 0 Å². The van der Waals surface area contributed by atoms with E-state index in [0.29, 0.717) is 10.0 Å². The lowest BCUT2D eigenvalue weighted by atomic mass is 9.87. The van der Waals surface area contributed by atoms with Gasteiger partial charge in [0.05, 0.1) is 15.7 Å². The Morgan fingerprint density at radius 3 is 1.60 bits per heavy atom. The molecule has 43 heavy (non-hydrogen) atoms. The molecule has 0 spiro atoms. The maximum absolute atomic E-state index is 6.89. The van der Waals surface area contributed by atoms with Gasteiger partial charge in [-0.3, -0.25) is 0 Å². The first kappa shape index (κ1) is 28.8. The molecule has 0 saturated heterocycles. The topological polar surface area (TPSA) is 3.24 Å². The van der Waals surface area contributed by atoms with Gasteiger partial charge in [-0.2, -0.15) is 0 Å². The van der Waals surface area contributed by atoms with Gasteiger partial charge in [0, 0.05) is 11.4 Å². The van der Waals surface area contributed by atoms with E-state index in [0.717, 1.165) is 22.6 Å². The summed E-state index contributed by atoms with van der Waals surface area (Å²) in [4.78, 5) is 2.19. The van der Waals surface area contributed by atoms with Crippen LogP contribution >= 0.6 is 23.2 Å². The fourth-order valence-corrected chi connectivity index (χ4v) is 5.96.